The Morgan fingerprint density at radius 2 is 1.88 bits per heavy atom. The number of ether oxygens (including phenoxy) is 1. The number of halogens is 2. The van der Waals surface area contributed by atoms with Gasteiger partial charge >= 0.3 is 0 Å². The quantitative estimate of drug-likeness (QED) is 0.501. The van der Waals surface area contributed by atoms with Crippen molar-refractivity contribution in [3.05, 3.63) is 28.2 Å². The lowest BCUT2D eigenvalue weighted by atomic mass is 10.2. The summed E-state index contributed by atoms with van der Waals surface area (Å²) in [6, 6.07) is 6.22. The Hall–Kier alpha value is 0.197. The van der Waals surface area contributed by atoms with Gasteiger partial charge in [0.25, 0.3) is 0 Å². The van der Waals surface area contributed by atoms with Gasteiger partial charge in [-0.3, -0.25) is 0 Å². The third-order valence-electron chi connectivity index (χ3n) is 3.04. The van der Waals surface area contributed by atoms with Gasteiger partial charge in [0, 0.05) is 9.80 Å². The van der Waals surface area contributed by atoms with Crippen molar-refractivity contribution in [2.45, 2.75) is 37.3 Å². The first-order valence-corrected chi connectivity index (χ1v) is 10.1. The molecule has 0 aromatic heterocycles. The maximum Gasteiger partial charge on any atom is 0.120 e. The minimum absolute atomic E-state index is 0.293. The zero-order chi connectivity index (χ0) is 13.1. The van der Waals surface area contributed by atoms with Gasteiger partial charge < -0.3 is 4.74 Å². The molecule has 4 heteroatoms. The largest absolute Gasteiger partial charge is 0.493 e. The third-order valence-corrected chi connectivity index (χ3v) is 7.00. The molecule has 0 spiro atoms. The predicted octanol–water partition coefficient (Wildman–Crippen LogP) is 5.26. The fraction of sp³-hybridized carbons (Fsp3) is 0.538. The third kappa shape index (κ3) is 4.76. The van der Waals surface area contributed by atoms with E-state index in [2.05, 4.69) is 70.9 Å². The van der Waals surface area contributed by atoms with E-state index in [9.17, 15) is 0 Å². The smallest absolute Gasteiger partial charge is 0.120 e. The Kier molecular flexibility index (Phi) is 5.73. The molecule has 1 radical (unpaired) electrons. The van der Waals surface area contributed by atoms with E-state index in [1.807, 2.05) is 6.07 Å². The summed E-state index contributed by atoms with van der Waals surface area (Å²) in [7, 11) is -0.352. The second-order valence-corrected chi connectivity index (χ2v) is 9.93. The molecule has 0 aliphatic rings. The SMILES string of the molecule is C[Si](C)C(C)(C)COc1cc(Br)cc(CBr)c1. The van der Waals surface area contributed by atoms with Gasteiger partial charge in [-0.2, -0.15) is 0 Å². The minimum Gasteiger partial charge on any atom is -0.493 e. The van der Waals surface area contributed by atoms with Crippen LogP contribution in [-0.2, 0) is 5.33 Å². The average Bonchev–Trinajstić information content (AvgIpc) is 2.25. The van der Waals surface area contributed by atoms with Crippen LogP contribution in [0.15, 0.2) is 22.7 Å². The van der Waals surface area contributed by atoms with Gasteiger partial charge in [0.1, 0.15) is 5.75 Å². The van der Waals surface area contributed by atoms with Crippen LogP contribution in [0.2, 0.25) is 18.1 Å². The van der Waals surface area contributed by atoms with Crippen molar-refractivity contribution in [2.75, 3.05) is 6.61 Å². The second-order valence-electron chi connectivity index (χ2n) is 5.10. The van der Waals surface area contributed by atoms with Crippen LogP contribution in [0, 0.1) is 0 Å². The van der Waals surface area contributed by atoms with Gasteiger partial charge in [-0.05, 0) is 28.8 Å². The maximum absolute atomic E-state index is 5.93. The highest BCUT2D eigenvalue weighted by molar-refractivity contribution is 9.10. The minimum atomic E-state index is -0.352. The van der Waals surface area contributed by atoms with Crippen LogP contribution < -0.4 is 4.74 Å². The molecule has 0 amide bonds. The van der Waals surface area contributed by atoms with E-state index in [1.165, 1.54) is 5.56 Å². The van der Waals surface area contributed by atoms with Gasteiger partial charge in [0.2, 0.25) is 0 Å². The molecule has 0 saturated carbocycles. The van der Waals surface area contributed by atoms with E-state index < -0.39 is 0 Å². The van der Waals surface area contributed by atoms with E-state index in [0.29, 0.717) is 5.04 Å². The summed E-state index contributed by atoms with van der Waals surface area (Å²) in [6.07, 6.45) is 0. The van der Waals surface area contributed by atoms with Crippen molar-refractivity contribution in [3.63, 3.8) is 0 Å². The van der Waals surface area contributed by atoms with Crippen molar-refractivity contribution in [1.29, 1.82) is 0 Å². The Labute approximate surface area is 123 Å². The van der Waals surface area contributed by atoms with Crippen molar-refractivity contribution < 1.29 is 4.74 Å². The Morgan fingerprint density at radius 3 is 2.41 bits per heavy atom. The van der Waals surface area contributed by atoms with E-state index >= 15 is 0 Å². The van der Waals surface area contributed by atoms with Crippen LogP contribution >= 0.6 is 31.9 Å². The summed E-state index contributed by atoms with van der Waals surface area (Å²) in [4.78, 5) is 0. The first-order chi connectivity index (χ1) is 7.85. The fourth-order valence-corrected chi connectivity index (χ4v) is 2.39. The highest BCUT2D eigenvalue weighted by atomic mass is 79.9. The highest BCUT2D eigenvalue weighted by Gasteiger charge is 2.24. The van der Waals surface area contributed by atoms with E-state index in [4.69, 9.17) is 4.74 Å². The molecule has 0 aliphatic carbocycles. The van der Waals surface area contributed by atoms with Crippen molar-refractivity contribution in [1.82, 2.24) is 0 Å². The zero-order valence-corrected chi connectivity index (χ0v) is 15.0. The van der Waals surface area contributed by atoms with Crippen molar-refractivity contribution in [3.8, 4) is 5.75 Å². The lowest BCUT2D eigenvalue weighted by molar-refractivity contribution is 0.276. The first-order valence-electron chi connectivity index (χ1n) is 5.64. The Morgan fingerprint density at radius 1 is 1.24 bits per heavy atom. The predicted molar refractivity (Wildman–Crippen MR) is 83.8 cm³/mol. The summed E-state index contributed by atoms with van der Waals surface area (Å²) in [6.45, 7) is 10.0. The number of benzene rings is 1. The van der Waals surface area contributed by atoms with Crippen molar-refractivity contribution in [2.24, 2.45) is 0 Å². The molecule has 0 heterocycles. The topological polar surface area (TPSA) is 9.23 Å². The van der Waals surface area contributed by atoms with Gasteiger partial charge in [-0.25, -0.2) is 0 Å². The zero-order valence-electron chi connectivity index (χ0n) is 10.8. The summed E-state index contributed by atoms with van der Waals surface area (Å²) in [5.41, 5.74) is 1.23. The molecule has 0 aliphatic heterocycles. The molecule has 0 unspecified atom stereocenters. The van der Waals surface area contributed by atoms with E-state index in [1.54, 1.807) is 0 Å². The number of hydrogen-bond donors (Lipinski definition) is 0. The monoisotopic (exact) mass is 377 g/mol. The molecule has 1 rings (SSSR count). The summed E-state index contributed by atoms with van der Waals surface area (Å²) in [5.74, 6) is 0.949. The van der Waals surface area contributed by atoms with E-state index in [0.717, 1.165) is 22.2 Å². The first kappa shape index (κ1) is 15.3. The Bertz CT molecular complexity index is 378. The normalized spacial score (nSPS) is 11.9. The van der Waals surface area contributed by atoms with Crippen molar-refractivity contribution >= 4 is 40.7 Å². The van der Waals surface area contributed by atoms with E-state index in [-0.39, 0.29) is 8.80 Å². The van der Waals surface area contributed by atoms with Gasteiger partial charge in [0.15, 0.2) is 0 Å². The summed E-state index contributed by atoms with van der Waals surface area (Å²) >= 11 is 6.98. The molecule has 1 aromatic rings. The molecule has 0 bridgehead atoms. The lowest BCUT2D eigenvalue weighted by Crippen LogP contribution is -2.27. The lowest BCUT2D eigenvalue weighted by Gasteiger charge is -2.28. The van der Waals surface area contributed by atoms with Crippen LogP contribution in [0.1, 0.15) is 19.4 Å². The Balaban J connectivity index is 2.72. The maximum atomic E-state index is 5.93. The van der Waals surface area contributed by atoms with Crippen LogP contribution in [0.3, 0.4) is 0 Å². The summed E-state index contributed by atoms with van der Waals surface area (Å²) in [5, 5.41) is 1.14. The molecule has 1 aromatic carbocycles. The highest BCUT2D eigenvalue weighted by Crippen LogP contribution is 2.30. The molecular formula is C13H19Br2OSi. The fourth-order valence-electron chi connectivity index (χ4n) is 1.19. The molecule has 0 saturated heterocycles. The molecule has 95 valence electrons. The molecule has 0 N–H and O–H groups in total. The van der Waals surface area contributed by atoms with Crippen LogP contribution in [0.4, 0.5) is 0 Å². The average molecular weight is 379 g/mol. The molecule has 1 nitrogen and oxygen atoms in total. The molecule has 0 fully saturated rings. The van der Waals surface area contributed by atoms with Gasteiger partial charge in [-0.15, -0.1) is 0 Å². The van der Waals surface area contributed by atoms with Crippen LogP contribution in [-0.4, -0.2) is 15.4 Å². The number of hydrogen-bond acceptors (Lipinski definition) is 1. The van der Waals surface area contributed by atoms with Gasteiger partial charge in [-0.1, -0.05) is 58.8 Å². The van der Waals surface area contributed by atoms with Crippen LogP contribution in [0.25, 0.3) is 0 Å². The standard InChI is InChI=1S/C13H19Br2OSi/c1-13(2,17(3)4)9-16-12-6-10(8-14)5-11(15)7-12/h5-7H,8-9H2,1-4H3. The molecule has 17 heavy (non-hydrogen) atoms. The van der Waals surface area contributed by atoms with Gasteiger partial charge in [0.05, 0.1) is 15.4 Å². The number of alkyl halides is 1. The second kappa shape index (κ2) is 6.39. The number of rotatable bonds is 5. The molecule has 0 atom stereocenters. The molecular weight excluding hydrogens is 360 g/mol. The van der Waals surface area contributed by atoms with Crippen LogP contribution in [0.5, 0.6) is 5.75 Å². The summed E-state index contributed by atoms with van der Waals surface area (Å²) < 4.78 is 7.00.